The molecule has 0 radical (unpaired) electrons. The molecule has 5 nitrogen and oxygen atoms in total. The van der Waals surface area contributed by atoms with Gasteiger partial charge in [0.1, 0.15) is 6.04 Å². The highest BCUT2D eigenvalue weighted by molar-refractivity contribution is 5.99. The Balaban J connectivity index is 1.92. The molecule has 1 atom stereocenters. The Morgan fingerprint density at radius 2 is 1.54 bits per heavy atom. The van der Waals surface area contributed by atoms with E-state index in [4.69, 9.17) is 5.73 Å². The van der Waals surface area contributed by atoms with Crippen molar-refractivity contribution in [2.24, 2.45) is 5.73 Å². The first-order chi connectivity index (χ1) is 12.5. The van der Waals surface area contributed by atoms with E-state index >= 15 is 0 Å². The maximum absolute atomic E-state index is 12.8. The second kappa shape index (κ2) is 7.27. The van der Waals surface area contributed by atoms with E-state index in [-0.39, 0.29) is 5.91 Å². The number of amides is 2. The molecule has 3 N–H and O–H groups in total. The van der Waals surface area contributed by atoms with Crippen LogP contribution in [0.3, 0.4) is 0 Å². The lowest BCUT2D eigenvalue weighted by atomic mass is 10.1. The summed E-state index contributed by atoms with van der Waals surface area (Å²) in [6.45, 7) is 3.83. The van der Waals surface area contributed by atoms with Gasteiger partial charge in [0.15, 0.2) is 0 Å². The summed E-state index contributed by atoms with van der Waals surface area (Å²) < 4.78 is 2.01. The number of hydrogen-bond donors (Lipinski definition) is 2. The summed E-state index contributed by atoms with van der Waals surface area (Å²) in [6.07, 6.45) is 0. The van der Waals surface area contributed by atoms with Crippen molar-refractivity contribution in [1.29, 1.82) is 0 Å². The molecule has 2 aromatic carbocycles. The minimum absolute atomic E-state index is 0.326. The average Bonchev–Trinajstić information content (AvgIpc) is 2.95. The number of carbonyl (C=O) groups is 2. The predicted molar refractivity (Wildman–Crippen MR) is 101 cm³/mol. The first kappa shape index (κ1) is 17.5. The van der Waals surface area contributed by atoms with Gasteiger partial charge in [0, 0.05) is 17.1 Å². The van der Waals surface area contributed by atoms with E-state index in [2.05, 4.69) is 5.32 Å². The highest BCUT2D eigenvalue weighted by Crippen LogP contribution is 2.22. The minimum Gasteiger partial charge on any atom is -0.368 e. The van der Waals surface area contributed by atoms with Crippen molar-refractivity contribution in [2.45, 2.75) is 19.9 Å². The van der Waals surface area contributed by atoms with Gasteiger partial charge in [-0.15, -0.1) is 0 Å². The Labute approximate surface area is 152 Å². The van der Waals surface area contributed by atoms with Crippen LogP contribution in [-0.2, 0) is 4.79 Å². The van der Waals surface area contributed by atoms with E-state index in [0.29, 0.717) is 11.1 Å². The van der Waals surface area contributed by atoms with Gasteiger partial charge < -0.3 is 15.6 Å². The summed E-state index contributed by atoms with van der Waals surface area (Å²) in [5.41, 5.74) is 9.41. The van der Waals surface area contributed by atoms with Crippen molar-refractivity contribution in [3.05, 3.63) is 89.2 Å². The molecule has 0 aliphatic heterocycles. The van der Waals surface area contributed by atoms with E-state index < -0.39 is 11.9 Å². The Morgan fingerprint density at radius 1 is 0.962 bits per heavy atom. The van der Waals surface area contributed by atoms with Crippen LogP contribution < -0.4 is 11.1 Å². The molecule has 1 heterocycles. The van der Waals surface area contributed by atoms with Gasteiger partial charge in [-0.25, -0.2) is 0 Å². The Morgan fingerprint density at radius 3 is 2.12 bits per heavy atom. The maximum atomic E-state index is 12.8. The Bertz CT molecular complexity index is 931. The first-order valence-corrected chi connectivity index (χ1v) is 8.38. The number of hydrogen-bond acceptors (Lipinski definition) is 2. The summed E-state index contributed by atoms with van der Waals surface area (Å²) >= 11 is 0. The second-order valence-corrected chi connectivity index (χ2v) is 6.18. The molecular weight excluding hydrogens is 326 g/mol. The monoisotopic (exact) mass is 347 g/mol. The lowest BCUT2D eigenvalue weighted by molar-refractivity contribution is -0.120. The molecule has 0 aliphatic rings. The van der Waals surface area contributed by atoms with Gasteiger partial charge in [-0.05, 0) is 37.6 Å². The van der Waals surface area contributed by atoms with Gasteiger partial charge in [-0.3, -0.25) is 9.59 Å². The van der Waals surface area contributed by atoms with Gasteiger partial charge in [-0.2, -0.15) is 0 Å². The van der Waals surface area contributed by atoms with Crippen LogP contribution in [0.5, 0.6) is 0 Å². The maximum Gasteiger partial charge on any atom is 0.254 e. The molecule has 3 rings (SSSR count). The van der Waals surface area contributed by atoms with Gasteiger partial charge in [0.05, 0.1) is 5.56 Å². The van der Waals surface area contributed by atoms with Crippen LogP contribution in [0.2, 0.25) is 0 Å². The number of nitrogens with two attached hydrogens (primary N) is 1. The van der Waals surface area contributed by atoms with Crippen LogP contribution in [0, 0.1) is 13.8 Å². The molecule has 1 unspecified atom stereocenters. The second-order valence-electron chi connectivity index (χ2n) is 6.18. The molecule has 5 heteroatoms. The van der Waals surface area contributed by atoms with E-state index in [1.807, 2.05) is 60.9 Å². The van der Waals surface area contributed by atoms with Crippen LogP contribution in [0.4, 0.5) is 0 Å². The van der Waals surface area contributed by atoms with E-state index in [1.54, 1.807) is 24.3 Å². The summed E-state index contributed by atoms with van der Waals surface area (Å²) in [5.74, 6) is -0.922. The van der Waals surface area contributed by atoms with Gasteiger partial charge >= 0.3 is 0 Å². The van der Waals surface area contributed by atoms with Crippen molar-refractivity contribution in [3.63, 3.8) is 0 Å². The third kappa shape index (κ3) is 3.37. The number of rotatable bonds is 5. The van der Waals surface area contributed by atoms with Crippen molar-refractivity contribution in [1.82, 2.24) is 9.88 Å². The lowest BCUT2D eigenvalue weighted by Gasteiger charge is -2.16. The number of aromatic nitrogens is 1. The molecule has 0 fully saturated rings. The quantitative estimate of drug-likeness (QED) is 0.744. The molecule has 132 valence electrons. The molecule has 0 saturated carbocycles. The molecule has 0 saturated heterocycles. The molecule has 0 bridgehead atoms. The number of nitrogens with zero attached hydrogens (tertiary/aromatic N) is 1. The molecule has 0 spiro atoms. The molecule has 3 aromatic rings. The van der Waals surface area contributed by atoms with Crippen molar-refractivity contribution in [3.8, 4) is 5.69 Å². The fourth-order valence-corrected chi connectivity index (χ4v) is 3.14. The van der Waals surface area contributed by atoms with Gasteiger partial charge in [0.2, 0.25) is 5.91 Å². The molecule has 2 amide bonds. The fourth-order valence-electron chi connectivity index (χ4n) is 3.14. The number of para-hydroxylation sites is 1. The summed E-state index contributed by atoms with van der Waals surface area (Å²) in [4.78, 5) is 24.7. The van der Waals surface area contributed by atoms with Crippen molar-refractivity contribution in [2.75, 3.05) is 0 Å². The highest BCUT2D eigenvalue weighted by atomic mass is 16.2. The van der Waals surface area contributed by atoms with Crippen molar-refractivity contribution < 1.29 is 9.59 Å². The van der Waals surface area contributed by atoms with Crippen LogP contribution >= 0.6 is 0 Å². The van der Waals surface area contributed by atoms with Gasteiger partial charge in [0.25, 0.3) is 5.91 Å². The van der Waals surface area contributed by atoms with Gasteiger partial charge in [-0.1, -0.05) is 48.5 Å². The summed E-state index contributed by atoms with van der Waals surface area (Å²) in [5, 5.41) is 2.76. The van der Waals surface area contributed by atoms with Crippen molar-refractivity contribution >= 4 is 11.8 Å². The molecule has 1 aromatic heterocycles. The van der Waals surface area contributed by atoms with Crippen LogP contribution in [0.1, 0.15) is 33.4 Å². The predicted octanol–water partition coefficient (Wildman–Crippen LogP) is 3.05. The third-order valence-electron chi connectivity index (χ3n) is 4.38. The average molecular weight is 347 g/mol. The Hall–Kier alpha value is -3.34. The molecular formula is C21H21N3O2. The summed E-state index contributed by atoms with van der Waals surface area (Å²) in [7, 11) is 0. The lowest BCUT2D eigenvalue weighted by Crippen LogP contribution is -2.37. The van der Waals surface area contributed by atoms with Crippen LogP contribution in [0.25, 0.3) is 5.69 Å². The Kier molecular flexibility index (Phi) is 4.89. The number of benzene rings is 2. The molecule has 26 heavy (non-hydrogen) atoms. The zero-order valence-corrected chi connectivity index (χ0v) is 14.8. The third-order valence-corrected chi connectivity index (χ3v) is 4.38. The van der Waals surface area contributed by atoms with Crippen LogP contribution in [-0.4, -0.2) is 16.4 Å². The number of nitrogens with one attached hydrogen (secondary N) is 1. The zero-order valence-electron chi connectivity index (χ0n) is 14.8. The standard InChI is InChI=1S/C21H21N3O2/c1-14-13-18(15(2)24(14)17-11-7-4-8-12-17)21(26)23-19(20(22)25)16-9-5-3-6-10-16/h3-13,19H,1-2H3,(H2,22,25)(H,23,26). The zero-order chi connectivity index (χ0) is 18.7. The number of carbonyl (C=O) groups excluding carboxylic acids is 2. The first-order valence-electron chi connectivity index (χ1n) is 8.38. The fraction of sp³-hybridized carbons (Fsp3) is 0.143. The number of aryl methyl sites for hydroxylation is 1. The van der Waals surface area contributed by atoms with E-state index in [1.165, 1.54) is 0 Å². The largest absolute Gasteiger partial charge is 0.368 e. The topological polar surface area (TPSA) is 77.1 Å². The number of primary amides is 1. The highest BCUT2D eigenvalue weighted by Gasteiger charge is 2.23. The summed E-state index contributed by atoms with van der Waals surface area (Å²) in [6, 6.07) is 19.8. The molecule has 0 aliphatic carbocycles. The smallest absolute Gasteiger partial charge is 0.254 e. The van der Waals surface area contributed by atoms with E-state index in [0.717, 1.165) is 17.1 Å². The minimum atomic E-state index is -0.872. The normalized spacial score (nSPS) is 11.8. The van der Waals surface area contributed by atoms with E-state index in [9.17, 15) is 9.59 Å². The van der Waals surface area contributed by atoms with Crippen LogP contribution in [0.15, 0.2) is 66.7 Å². The SMILES string of the molecule is Cc1cc(C(=O)NC(C(N)=O)c2ccccc2)c(C)n1-c1ccccc1.